The zero-order valence-electron chi connectivity index (χ0n) is 30.9. The molecule has 12 nitrogen and oxygen atoms in total. The van der Waals surface area contributed by atoms with Crippen LogP contribution in [0, 0.1) is 0 Å². The Morgan fingerprint density at radius 2 is 1.16 bits per heavy atom. The normalized spacial score (nSPS) is 29.2. The van der Waals surface area contributed by atoms with E-state index in [0.717, 1.165) is 22.4 Å². The Kier molecular flexibility index (Phi) is 14.0. The predicted molar refractivity (Wildman–Crippen MR) is 207 cm³/mol. The van der Waals surface area contributed by atoms with Gasteiger partial charge in [0, 0.05) is 15.6 Å². The predicted octanol–water partition coefficient (Wildman–Crippen LogP) is 3.84. The van der Waals surface area contributed by atoms with Crippen molar-refractivity contribution in [1.82, 2.24) is 0 Å². The lowest BCUT2D eigenvalue weighted by Gasteiger charge is -2.49. The summed E-state index contributed by atoms with van der Waals surface area (Å²) in [5.41, 5.74) is 3.82. The number of halogens is 2. The van der Waals surface area contributed by atoms with Crippen molar-refractivity contribution < 1.29 is 59.4 Å². The minimum atomic E-state index is -2.24. The van der Waals surface area contributed by atoms with Gasteiger partial charge in [-0.3, -0.25) is 0 Å². The van der Waals surface area contributed by atoms with Crippen molar-refractivity contribution >= 4 is 23.2 Å². The van der Waals surface area contributed by atoms with Crippen LogP contribution >= 0.6 is 23.2 Å². The van der Waals surface area contributed by atoms with Gasteiger partial charge >= 0.3 is 0 Å². The van der Waals surface area contributed by atoms with Crippen LogP contribution in [0.1, 0.15) is 53.3 Å². The van der Waals surface area contributed by atoms with Crippen LogP contribution in [-0.2, 0) is 32.8 Å². The number of hydrogen-bond donors (Lipinski definition) is 7. The van der Waals surface area contributed by atoms with Gasteiger partial charge in [0.15, 0.2) is 0 Å². The number of ether oxygens (including phenoxy) is 5. The first-order valence-electron chi connectivity index (χ1n) is 18.6. The lowest BCUT2D eigenvalue weighted by molar-refractivity contribution is -0.381. The Bertz CT molecular complexity index is 1890. The fourth-order valence-corrected chi connectivity index (χ4v) is 7.54. The summed E-state index contributed by atoms with van der Waals surface area (Å²) in [6, 6.07) is 24.8. The average molecular weight is 816 g/mol. The fourth-order valence-electron chi connectivity index (χ4n) is 7.17. The smallest absolute Gasteiger partial charge is 0.225 e. The third-order valence-electron chi connectivity index (χ3n) is 10.2. The molecule has 0 saturated carbocycles. The van der Waals surface area contributed by atoms with E-state index in [1.807, 2.05) is 62.4 Å². The zero-order valence-corrected chi connectivity index (χ0v) is 32.5. The number of benzene rings is 4. The summed E-state index contributed by atoms with van der Waals surface area (Å²) in [5, 5.41) is 77.7. The van der Waals surface area contributed by atoms with E-state index in [1.165, 1.54) is 6.07 Å². The molecular formula is C42H48Cl2O12. The molecule has 0 aromatic heterocycles. The van der Waals surface area contributed by atoms with Gasteiger partial charge in [0.25, 0.3) is 0 Å². The van der Waals surface area contributed by atoms with Gasteiger partial charge in [-0.2, -0.15) is 0 Å². The van der Waals surface area contributed by atoms with Crippen LogP contribution in [-0.4, -0.2) is 111 Å². The van der Waals surface area contributed by atoms with Gasteiger partial charge < -0.3 is 59.4 Å². The van der Waals surface area contributed by atoms with Gasteiger partial charge in [-0.15, -0.1) is 0 Å². The van der Waals surface area contributed by atoms with Crippen LogP contribution in [0.15, 0.2) is 84.9 Å². The van der Waals surface area contributed by atoms with E-state index in [2.05, 4.69) is 0 Å². The molecule has 2 saturated heterocycles. The second-order valence-corrected chi connectivity index (χ2v) is 14.8. The van der Waals surface area contributed by atoms with Gasteiger partial charge in [-0.05, 0) is 97.0 Å². The average Bonchev–Trinajstić information content (AvgIpc) is 3.20. The van der Waals surface area contributed by atoms with Crippen LogP contribution in [0.5, 0.6) is 11.5 Å². The molecule has 7 N–H and O–H groups in total. The van der Waals surface area contributed by atoms with Crippen molar-refractivity contribution in [3.05, 3.63) is 128 Å². The molecule has 0 spiro atoms. The largest absolute Gasteiger partial charge is 0.494 e. The molecule has 6 rings (SSSR count). The van der Waals surface area contributed by atoms with Crippen molar-refractivity contribution in [2.75, 3.05) is 26.4 Å². The van der Waals surface area contributed by atoms with Gasteiger partial charge in [0.05, 0.1) is 26.4 Å². The minimum absolute atomic E-state index is 0.179. The van der Waals surface area contributed by atoms with E-state index in [0.29, 0.717) is 53.0 Å². The molecule has 4 aromatic rings. The van der Waals surface area contributed by atoms with Gasteiger partial charge in [-0.1, -0.05) is 65.7 Å². The van der Waals surface area contributed by atoms with Crippen LogP contribution in [0.25, 0.3) is 0 Å². The minimum Gasteiger partial charge on any atom is -0.494 e. The Hall–Kier alpha value is -3.34. The Morgan fingerprint density at radius 1 is 0.625 bits per heavy atom. The monoisotopic (exact) mass is 814 g/mol. The third-order valence-corrected chi connectivity index (χ3v) is 11.0. The highest BCUT2D eigenvalue weighted by molar-refractivity contribution is 6.31. The lowest BCUT2D eigenvalue weighted by Crippen LogP contribution is -2.65. The summed E-state index contributed by atoms with van der Waals surface area (Å²) in [5.74, 6) is -0.798. The maximum absolute atomic E-state index is 11.6. The molecule has 4 aromatic carbocycles. The standard InChI is InChI=1S/C42H48Cl2O12/c1-3-52-29-11-5-23(6-12-29)17-26-19-25(9-15-31(26)43)40-38(49)37(48)36(47)34(55-40)22-54-42(41(51)39(50)35(46)33(21-45)56-42)28-10-16-32(44)27(20-28)18-24-7-13-30(14-8-24)53-4-2/h5-16,19-20,33-41,45-51H,3-4,17-18,21-22H2,1-2H3/t33-,34-,35-,36-,37+,38-,39+,40+,41-,42?/m1/s1. The summed E-state index contributed by atoms with van der Waals surface area (Å²) in [6.45, 7) is 3.56. The highest BCUT2D eigenvalue weighted by atomic mass is 35.5. The van der Waals surface area contributed by atoms with Crippen molar-refractivity contribution in [3.63, 3.8) is 0 Å². The maximum atomic E-state index is 11.6. The molecule has 0 aliphatic carbocycles. The highest BCUT2D eigenvalue weighted by Gasteiger charge is 2.56. The van der Waals surface area contributed by atoms with Crippen molar-refractivity contribution in [1.29, 1.82) is 0 Å². The van der Waals surface area contributed by atoms with Gasteiger partial charge in [-0.25, -0.2) is 0 Å². The first-order chi connectivity index (χ1) is 26.9. The molecular weight excluding hydrogens is 767 g/mol. The molecule has 2 aliphatic rings. The van der Waals surface area contributed by atoms with E-state index in [9.17, 15) is 35.7 Å². The Balaban J connectivity index is 1.28. The first kappa shape index (κ1) is 42.3. The Labute approximate surface area is 335 Å². The topological polar surface area (TPSA) is 188 Å². The summed E-state index contributed by atoms with van der Waals surface area (Å²) in [7, 11) is 0. The van der Waals surface area contributed by atoms with Crippen molar-refractivity contribution in [2.24, 2.45) is 0 Å². The van der Waals surface area contributed by atoms with Crippen LogP contribution in [0.2, 0.25) is 10.0 Å². The molecule has 302 valence electrons. The first-order valence-corrected chi connectivity index (χ1v) is 19.3. The summed E-state index contributed by atoms with van der Waals surface area (Å²) < 4.78 is 29.8. The molecule has 0 bridgehead atoms. The second kappa shape index (κ2) is 18.5. The number of aliphatic hydroxyl groups excluding tert-OH is 7. The second-order valence-electron chi connectivity index (χ2n) is 14.0. The molecule has 10 atom stereocenters. The fraction of sp³-hybridized carbons (Fsp3) is 0.429. The number of hydrogen-bond acceptors (Lipinski definition) is 12. The van der Waals surface area contributed by atoms with E-state index >= 15 is 0 Å². The molecule has 56 heavy (non-hydrogen) atoms. The van der Waals surface area contributed by atoms with E-state index in [4.69, 9.17) is 46.9 Å². The lowest BCUT2D eigenvalue weighted by atomic mass is 9.86. The summed E-state index contributed by atoms with van der Waals surface area (Å²) in [6.07, 6.45) is -13.4. The van der Waals surface area contributed by atoms with E-state index in [-0.39, 0.29) is 5.56 Å². The summed E-state index contributed by atoms with van der Waals surface area (Å²) in [4.78, 5) is 0. The molecule has 0 radical (unpaired) electrons. The van der Waals surface area contributed by atoms with Crippen LogP contribution < -0.4 is 9.47 Å². The zero-order chi connectivity index (χ0) is 40.1. The molecule has 2 fully saturated rings. The number of rotatable bonds is 14. The van der Waals surface area contributed by atoms with Crippen LogP contribution in [0.3, 0.4) is 0 Å². The van der Waals surface area contributed by atoms with E-state index in [1.54, 1.807) is 30.3 Å². The Morgan fingerprint density at radius 3 is 1.71 bits per heavy atom. The van der Waals surface area contributed by atoms with Crippen molar-refractivity contribution in [2.45, 2.75) is 87.4 Å². The molecule has 0 amide bonds. The van der Waals surface area contributed by atoms with Crippen molar-refractivity contribution in [3.8, 4) is 11.5 Å². The molecule has 1 unspecified atom stereocenters. The third kappa shape index (κ3) is 9.02. The van der Waals surface area contributed by atoms with E-state index < -0.39 is 73.9 Å². The molecule has 2 aliphatic heterocycles. The van der Waals surface area contributed by atoms with Gasteiger partial charge in [0.2, 0.25) is 5.79 Å². The SMILES string of the molecule is CCOc1ccc(Cc2cc([C@@H]3O[C@H](COC4(c5ccc(Cl)c(Cc6ccc(OCC)cc6)c5)O[C@H](CO)[C@@H](O)[C@H](O)[C@H]4O)[C@@H](O)[C@H](O)[C@H]3O)ccc2Cl)cc1. The maximum Gasteiger partial charge on any atom is 0.225 e. The molecule has 14 heteroatoms. The van der Waals surface area contributed by atoms with Crippen LogP contribution in [0.4, 0.5) is 0 Å². The quantitative estimate of drug-likeness (QED) is 0.0977. The van der Waals surface area contributed by atoms with Gasteiger partial charge in [0.1, 0.15) is 66.4 Å². The highest BCUT2D eigenvalue weighted by Crippen LogP contribution is 2.43. The summed E-state index contributed by atoms with van der Waals surface area (Å²) >= 11 is 13.2. The number of aliphatic hydroxyl groups is 7. The molecule has 2 heterocycles.